The molecular weight excluding hydrogens is 510 g/mol. The number of carbonyl (C=O) groups is 1. The van der Waals surface area contributed by atoms with Crippen LogP contribution in [0.2, 0.25) is 5.02 Å². The molecule has 6 heteroatoms. The van der Waals surface area contributed by atoms with Crippen molar-refractivity contribution >= 4 is 23.3 Å². The molecule has 4 atom stereocenters. The van der Waals surface area contributed by atoms with Crippen LogP contribution < -0.4 is 9.64 Å². The third-order valence-corrected chi connectivity index (χ3v) is 9.46. The Morgan fingerprint density at radius 2 is 2.08 bits per heavy atom. The van der Waals surface area contributed by atoms with Gasteiger partial charge in [-0.05, 0) is 112 Å². The smallest absolute Gasteiger partial charge is 0.338 e. The molecule has 1 spiro atoms. The van der Waals surface area contributed by atoms with Crippen molar-refractivity contribution in [1.29, 1.82) is 0 Å². The third kappa shape index (κ3) is 5.45. The molecule has 0 radical (unpaired) electrons. The Morgan fingerprint density at radius 3 is 2.77 bits per heavy atom. The molecule has 0 amide bonds. The Balaban J connectivity index is 1.54. The maximum absolute atomic E-state index is 13.0. The maximum atomic E-state index is 13.0. The Kier molecular flexibility index (Phi) is 7.54. The predicted molar refractivity (Wildman–Crippen MR) is 157 cm³/mol. The SMILES string of the molecule is C=CC[C@@H](O)[C@]1(C)CC[C@@H]1CN1C[C@@]2(CCCc3cc(Cl)ccc32)COc2ccc(C(=O)OC(C)(C)C)cc21. The van der Waals surface area contributed by atoms with Crippen molar-refractivity contribution in [2.45, 2.75) is 83.3 Å². The Hall–Kier alpha value is -2.50. The Bertz CT molecular complexity index is 1250. The van der Waals surface area contributed by atoms with Gasteiger partial charge in [-0.3, -0.25) is 0 Å². The number of rotatable bonds is 6. The molecular formula is C33H42ClNO4. The number of aliphatic hydroxyl groups is 1. The summed E-state index contributed by atoms with van der Waals surface area (Å²) in [5, 5.41) is 11.8. The quantitative estimate of drug-likeness (QED) is 0.306. The number of hydrogen-bond donors (Lipinski definition) is 1. The average Bonchev–Trinajstić information content (AvgIpc) is 3.02. The maximum Gasteiger partial charge on any atom is 0.338 e. The number of aliphatic hydroxyl groups excluding tert-OH is 1. The molecule has 1 heterocycles. The van der Waals surface area contributed by atoms with Crippen molar-refractivity contribution < 1.29 is 19.4 Å². The minimum atomic E-state index is -0.577. The van der Waals surface area contributed by atoms with E-state index in [1.165, 1.54) is 11.1 Å². The first-order chi connectivity index (χ1) is 18.4. The molecule has 210 valence electrons. The first kappa shape index (κ1) is 28.0. The molecule has 2 aromatic carbocycles. The highest BCUT2D eigenvalue weighted by Crippen LogP contribution is 2.52. The number of nitrogens with zero attached hydrogens (tertiary/aromatic N) is 1. The second-order valence-corrected chi connectivity index (χ2v) is 13.5. The summed E-state index contributed by atoms with van der Waals surface area (Å²) in [6.07, 6.45) is 7.14. The number of halogens is 1. The van der Waals surface area contributed by atoms with Crippen LogP contribution in [-0.4, -0.2) is 42.5 Å². The number of carbonyl (C=O) groups excluding carboxylic acids is 1. The van der Waals surface area contributed by atoms with Gasteiger partial charge in [-0.1, -0.05) is 30.7 Å². The highest BCUT2D eigenvalue weighted by Gasteiger charge is 2.49. The summed E-state index contributed by atoms with van der Waals surface area (Å²) < 4.78 is 12.3. The highest BCUT2D eigenvalue weighted by atomic mass is 35.5. The van der Waals surface area contributed by atoms with Gasteiger partial charge in [0.15, 0.2) is 0 Å². The van der Waals surface area contributed by atoms with E-state index in [0.717, 1.165) is 61.7 Å². The van der Waals surface area contributed by atoms with Gasteiger partial charge < -0.3 is 19.5 Å². The van der Waals surface area contributed by atoms with Crippen LogP contribution in [0.5, 0.6) is 5.75 Å². The van der Waals surface area contributed by atoms with Gasteiger partial charge in [0, 0.05) is 23.5 Å². The summed E-state index contributed by atoms with van der Waals surface area (Å²) in [5.74, 6) is 0.763. The number of fused-ring (bicyclic) bond motifs is 3. The van der Waals surface area contributed by atoms with E-state index in [9.17, 15) is 9.90 Å². The first-order valence-corrected chi connectivity index (χ1v) is 14.6. The zero-order valence-electron chi connectivity index (χ0n) is 23.8. The van der Waals surface area contributed by atoms with Crippen LogP contribution in [0.15, 0.2) is 49.1 Å². The van der Waals surface area contributed by atoms with Crippen molar-refractivity contribution in [3.8, 4) is 5.75 Å². The highest BCUT2D eigenvalue weighted by molar-refractivity contribution is 6.30. The molecule has 0 unspecified atom stereocenters. The van der Waals surface area contributed by atoms with E-state index in [1.807, 2.05) is 45.0 Å². The van der Waals surface area contributed by atoms with Gasteiger partial charge in [-0.2, -0.15) is 0 Å². The second kappa shape index (κ2) is 10.5. The lowest BCUT2D eigenvalue weighted by Gasteiger charge is -2.52. The van der Waals surface area contributed by atoms with Crippen LogP contribution in [0.25, 0.3) is 0 Å². The van der Waals surface area contributed by atoms with Crippen molar-refractivity contribution in [3.05, 3.63) is 70.8 Å². The topological polar surface area (TPSA) is 59.0 Å². The molecule has 0 aromatic heterocycles. The summed E-state index contributed by atoms with van der Waals surface area (Å²) in [5.41, 5.74) is 3.11. The minimum absolute atomic E-state index is 0.171. The molecule has 1 N–H and O–H groups in total. The van der Waals surface area contributed by atoms with Crippen LogP contribution >= 0.6 is 11.6 Å². The van der Waals surface area contributed by atoms with Crippen LogP contribution in [-0.2, 0) is 16.6 Å². The molecule has 39 heavy (non-hydrogen) atoms. The lowest BCUT2D eigenvalue weighted by atomic mass is 9.57. The van der Waals surface area contributed by atoms with Crippen LogP contribution in [0.3, 0.4) is 0 Å². The number of esters is 1. The third-order valence-electron chi connectivity index (χ3n) is 9.23. The van der Waals surface area contributed by atoms with Crippen molar-refractivity contribution in [2.75, 3.05) is 24.6 Å². The Labute approximate surface area is 238 Å². The van der Waals surface area contributed by atoms with E-state index in [-0.39, 0.29) is 16.8 Å². The van der Waals surface area contributed by atoms with Gasteiger partial charge in [-0.25, -0.2) is 4.79 Å². The fraction of sp³-hybridized carbons (Fsp3) is 0.545. The van der Waals surface area contributed by atoms with Gasteiger partial charge in [0.25, 0.3) is 0 Å². The summed E-state index contributed by atoms with van der Waals surface area (Å²) in [4.78, 5) is 15.5. The van der Waals surface area contributed by atoms with Gasteiger partial charge in [-0.15, -0.1) is 6.58 Å². The molecule has 0 saturated heterocycles. The van der Waals surface area contributed by atoms with Crippen molar-refractivity contribution in [3.63, 3.8) is 0 Å². The second-order valence-electron chi connectivity index (χ2n) is 13.1. The average molecular weight is 552 g/mol. The molecule has 3 aliphatic rings. The van der Waals surface area contributed by atoms with Gasteiger partial charge in [0.1, 0.15) is 11.4 Å². The summed E-state index contributed by atoms with van der Waals surface area (Å²) >= 11 is 6.40. The minimum Gasteiger partial charge on any atom is -0.490 e. The van der Waals surface area contributed by atoms with E-state index in [4.69, 9.17) is 21.1 Å². The van der Waals surface area contributed by atoms with Crippen LogP contribution in [0, 0.1) is 11.3 Å². The standard InChI is InChI=1S/C33H42ClNO4/c1-6-8-29(36)32(5)16-14-24(32)19-35-20-33(15-7-9-22-17-25(34)11-12-26(22)33)21-38-28-13-10-23(18-27(28)35)30(37)39-31(2,3)4/h6,10-13,17-18,24,29,36H,1,7-9,14-16,19-21H2,2-5H3/t24-,29-,32-,33+/m1/s1. The summed E-state index contributed by atoms with van der Waals surface area (Å²) in [7, 11) is 0. The van der Waals surface area contributed by atoms with Crippen molar-refractivity contribution in [1.82, 2.24) is 0 Å². The number of anilines is 1. The number of benzene rings is 2. The normalized spacial score (nSPS) is 26.9. The number of hydrogen-bond acceptors (Lipinski definition) is 5. The molecule has 5 nitrogen and oxygen atoms in total. The molecule has 2 aliphatic carbocycles. The van der Waals surface area contributed by atoms with E-state index >= 15 is 0 Å². The zero-order chi connectivity index (χ0) is 28.0. The lowest BCUT2D eigenvalue weighted by molar-refractivity contribution is -0.0695. The monoisotopic (exact) mass is 551 g/mol. The first-order valence-electron chi connectivity index (χ1n) is 14.3. The molecule has 1 aliphatic heterocycles. The molecule has 0 bridgehead atoms. The Morgan fingerprint density at radius 1 is 1.28 bits per heavy atom. The van der Waals surface area contributed by atoms with E-state index in [2.05, 4.69) is 30.5 Å². The molecule has 2 aromatic rings. The lowest BCUT2D eigenvalue weighted by Crippen LogP contribution is -2.53. The van der Waals surface area contributed by atoms with E-state index in [1.54, 1.807) is 6.07 Å². The predicted octanol–water partition coefficient (Wildman–Crippen LogP) is 7.12. The summed E-state index contributed by atoms with van der Waals surface area (Å²) in [6.45, 7) is 13.8. The number of aryl methyl sites for hydroxylation is 1. The molecule has 1 saturated carbocycles. The van der Waals surface area contributed by atoms with E-state index < -0.39 is 11.7 Å². The fourth-order valence-electron chi connectivity index (χ4n) is 6.81. The molecule has 1 fully saturated rings. The largest absolute Gasteiger partial charge is 0.490 e. The molecule has 5 rings (SSSR count). The van der Waals surface area contributed by atoms with Crippen LogP contribution in [0.4, 0.5) is 5.69 Å². The van der Waals surface area contributed by atoms with E-state index in [0.29, 0.717) is 24.5 Å². The van der Waals surface area contributed by atoms with Crippen molar-refractivity contribution in [2.24, 2.45) is 11.3 Å². The van der Waals surface area contributed by atoms with Gasteiger partial charge in [0.2, 0.25) is 0 Å². The van der Waals surface area contributed by atoms with Crippen LogP contribution in [0.1, 0.15) is 81.3 Å². The van der Waals surface area contributed by atoms with Gasteiger partial charge in [0.05, 0.1) is 24.0 Å². The zero-order valence-corrected chi connectivity index (χ0v) is 24.5. The van der Waals surface area contributed by atoms with Gasteiger partial charge >= 0.3 is 5.97 Å². The number of ether oxygens (including phenoxy) is 2. The summed E-state index contributed by atoms with van der Waals surface area (Å²) in [6, 6.07) is 11.9. The fourth-order valence-corrected chi connectivity index (χ4v) is 7.01.